The van der Waals surface area contributed by atoms with Crippen LogP contribution in [-0.2, 0) is 27.1 Å². The number of nitrogens with one attached hydrogen (secondary N) is 1. The van der Waals surface area contributed by atoms with Gasteiger partial charge in [-0.25, -0.2) is 9.59 Å². The van der Waals surface area contributed by atoms with Gasteiger partial charge in [-0.2, -0.15) is 0 Å². The van der Waals surface area contributed by atoms with Crippen LogP contribution < -0.4 is 5.32 Å². The number of urea groups is 1. The lowest BCUT2D eigenvalue weighted by Crippen LogP contribution is -2.53. The first-order chi connectivity index (χ1) is 22.3. The Morgan fingerprint density at radius 2 is 1.53 bits per heavy atom. The number of anilines is 1. The fourth-order valence-corrected chi connectivity index (χ4v) is 7.45. The fourth-order valence-electron chi connectivity index (χ4n) is 7.45. The molecule has 4 aliphatic heterocycles. The molecule has 2 N–H and O–H groups in total. The molecule has 0 saturated carbocycles. The van der Waals surface area contributed by atoms with E-state index in [-0.39, 0.29) is 47.1 Å². The highest BCUT2D eigenvalue weighted by Crippen LogP contribution is 2.27. The summed E-state index contributed by atoms with van der Waals surface area (Å²) in [4.78, 5) is 48.4. The van der Waals surface area contributed by atoms with Gasteiger partial charge >= 0.3 is 12.1 Å². The number of likely N-dealkylation sites (tertiary alicyclic amines) is 2. The average Bonchev–Trinajstić information content (AvgIpc) is 3.25. The van der Waals surface area contributed by atoms with Crippen LogP contribution in [0.15, 0.2) is 36.4 Å². The third kappa shape index (κ3) is 8.21. The van der Waals surface area contributed by atoms with Crippen molar-refractivity contribution in [1.82, 2.24) is 19.6 Å². The highest BCUT2D eigenvalue weighted by Gasteiger charge is 2.36. The number of carbonyl (C=O) groups is 3. The summed E-state index contributed by atoms with van der Waals surface area (Å²) in [7, 11) is 0. The summed E-state index contributed by atoms with van der Waals surface area (Å²) in [5, 5.41) is 13.4. The lowest BCUT2D eigenvalue weighted by Gasteiger charge is -2.41. The first-order valence-corrected chi connectivity index (χ1v) is 16.8. The van der Waals surface area contributed by atoms with Crippen LogP contribution in [0.4, 0.5) is 15.3 Å². The molecule has 4 amide bonds. The molecule has 256 valence electrons. The SMILES string of the molecule is Br.Cc1cc(C[C@@H](OC(=O)N2CCC(N3CCc4ccccc4NC3=O)CC2)C(=O)N2CCC(N3CCOCC3)CC2)cc(C)c1O. The van der Waals surface area contributed by atoms with Crippen molar-refractivity contribution in [2.24, 2.45) is 0 Å². The Morgan fingerprint density at radius 3 is 2.21 bits per heavy atom. The molecule has 12 heteroatoms. The number of carbonyl (C=O) groups excluding carboxylic acids is 3. The maximum atomic E-state index is 14.0. The van der Waals surface area contributed by atoms with Gasteiger partial charge in [-0.05, 0) is 74.3 Å². The first kappa shape index (κ1) is 35.0. The number of hydrogen-bond acceptors (Lipinski definition) is 7. The molecule has 2 aromatic carbocycles. The van der Waals surface area contributed by atoms with E-state index in [1.807, 2.05) is 60.0 Å². The molecule has 3 fully saturated rings. The van der Waals surface area contributed by atoms with Crippen molar-refractivity contribution in [3.63, 3.8) is 0 Å². The Bertz CT molecular complexity index is 1400. The van der Waals surface area contributed by atoms with E-state index in [1.165, 1.54) is 0 Å². The molecule has 11 nitrogen and oxygen atoms in total. The highest BCUT2D eigenvalue weighted by molar-refractivity contribution is 8.93. The largest absolute Gasteiger partial charge is 0.507 e. The molecule has 0 aromatic heterocycles. The number of para-hydroxylation sites is 1. The van der Waals surface area contributed by atoms with E-state index in [1.54, 1.807) is 4.90 Å². The van der Waals surface area contributed by atoms with Crippen molar-refractivity contribution >= 4 is 40.7 Å². The second-order valence-electron chi connectivity index (χ2n) is 13.1. The molecule has 0 spiro atoms. The van der Waals surface area contributed by atoms with Crippen molar-refractivity contribution in [2.45, 2.75) is 70.6 Å². The molecular formula is C35H48BrN5O6. The van der Waals surface area contributed by atoms with Gasteiger partial charge in [0.2, 0.25) is 0 Å². The zero-order chi connectivity index (χ0) is 32.2. The van der Waals surface area contributed by atoms with Gasteiger partial charge in [-0.1, -0.05) is 30.3 Å². The summed E-state index contributed by atoms with van der Waals surface area (Å²) in [6, 6.07) is 11.9. The van der Waals surface area contributed by atoms with Crippen LogP contribution in [0, 0.1) is 13.8 Å². The number of benzene rings is 2. The van der Waals surface area contributed by atoms with Crippen molar-refractivity contribution in [3.05, 3.63) is 58.7 Å². The van der Waals surface area contributed by atoms with Gasteiger partial charge in [0.25, 0.3) is 5.91 Å². The minimum absolute atomic E-state index is 0. The number of rotatable bonds is 6. The molecule has 3 saturated heterocycles. The van der Waals surface area contributed by atoms with Crippen molar-refractivity contribution < 1.29 is 29.0 Å². The van der Waals surface area contributed by atoms with Crippen LogP contribution in [0.1, 0.15) is 47.9 Å². The van der Waals surface area contributed by atoms with Gasteiger partial charge in [-0.3, -0.25) is 9.69 Å². The van der Waals surface area contributed by atoms with Gasteiger partial charge in [0.15, 0.2) is 6.10 Å². The smallest absolute Gasteiger partial charge is 0.410 e. The molecule has 6 rings (SSSR count). The van der Waals surface area contributed by atoms with Crippen LogP contribution in [-0.4, -0.2) is 120 Å². The Balaban J connectivity index is 0.00000433. The summed E-state index contributed by atoms with van der Waals surface area (Å²) in [5.41, 5.74) is 4.27. The number of nitrogens with zero attached hydrogens (tertiary/aromatic N) is 4. The number of phenols is 1. The van der Waals surface area contributed by atoms with Crippen LogP contribution in [0.5, 0.6) is 5.75 Å². The van der Waals surface area contributed by atoms with Crippen molar-refractivity contribution in [1.29, 1.82) is 0 Å². The number of ether oxygens (including phenoxy) is 2. The molecule has 0 unspecified atom stereocenters. The van der Waals surface area contributed by atoms with Crippen LogP contribution in [0.25, 0.3) is 0 Å². The van der Waals surface area contributed by atoms with Crippen LogP contribution in [0.3, 0.4) is 0 Å². The number of aromatic hydroxyl groups is 1. The van der Waals surface area contributed by atoms with E-state index in [0.717, 1.165) is 73.5 Å². The number of halogens is 1. The first-order valence-electron chi connectivity index (χ1n) is 16.8. The standard InChI is InChI=1S/C35H47N5O6.BrH/c1-24-21-26(22-25(2)32(24)41)23-31(33(42)38-12-8-28(9-13-38)37-17-19-45-20-18-37)46-35(44)39-14-10-29(11-15-39)40-16-7-27-5-3-4-6-30(27)36-34(40)43;/h3-6,21-22,28-29,31,41H,7-20,23H2,1-2H3,(H,36,43);1H/t31-;/m1./s1. The van der Waals surface area contributed by atoms with Gasteiger partial charge in [0, 0.05) is 70.0 Å². The second-order valence-corrected chi connectivity index (χ2v) is 13.1. The van der Waals surface area contributed by atoms with E-state index < -0.39 is 12.2 Å². The topological polar surface area (TPSA) is 115 Å². The summed E-state index contributed by atoms with van der Waals surface area (Å²) in [5.74, 6) is 0.0616. The Labute approximate surface area is 287 Å². The minimum atomic E-state index is -0.969. The predicted octanol–water partition coefficient (Wildman–Crippen LogP) is 4.51. The van der Waals surface area contributed by atoms with E-state index in [2.05, 4.69) is 10.2 Å². The molecule has 4 heterocycles. The molecule has 0 aliphatic carbocycles. The van der Waals surface area contributed by atoms with Crippen LogP contribution >= 0.6 is 17.0 Å². The quantitative estimate of drug-likeness (QED) is 0.453. The van der Waals surface area contributed by atoms with Gasteiger partial charge < -0.3 is 34.6 Å². The normalized spacial score (nSPS) is 20.5. The molecule has 0 radical (unpaired) electrons. The zero-order valence-corrected chi connectivity index (χ0v) is 29.2. The molecule has 2 aromatic rings. The Hall–Kier alpha value is -3.35. The number of morpholine rings is 1. The van der Waals surface area contributed by atoms with Gasteiger partial charge in [0.1, 0.15) is 5.75 Å². The number of fused-ring (bicyclic) bond motifs is 1. The summed E-state index contributed by atoms with van der Waals surface area (Å²) < 4.78 is 11.6. The fraction of sp³-hybridized carbons (Fsp3) is 0.571. The van der Waals surface area contributed by atoms with Crippen molar-refractivity contribution in [3.8, 4) is 5.75 Å². The lowest BCUT2D eigenvalue weighted by atomic mass is 9.99. The molecule has 1 atom stereocenters. The van der Waals surface area contributed by atoms with E-state index in [9.17, 15) is 19.5 Å². The highest BCUT2D eigenvalue weighted by atomic mass is 79.9. The Morgan fingerprint density at radius 1 is 0.915 bits per heavy atom. The number of hydrogen-bond donors (Lipinski definition) is 2. The number of aryl methyl sites for hydroxylation is 2. The number of piperidine rings is 2. The molecular weight excluding hydrogens is 666 g/mol. The van der Waals surface area contributed by atoms with E-state index in [4.69, 9.17) is 9.47 Å². The monoisotopic (exact) mass is 713 g/mol. The second kappa shape index (κ2) is 15.7. The maximum Gasteiger partial charge on any atom is 0.410 e. The van der Waals surface area contributed by atoms with Crippen LogP contribution in [0.2, 0.25) is 0 Å². The summed E-state index contributed by atoms with van der Waals surface area (Å²) in [6.45, 7) is 9.77. The molecule has 47 heavy (non-hydrogen) atoms. The minimum Gasteiger partial charge on any atom is -0.507 e. The van der Waals surface area contributed by atoms with E-state index >= 15 is 0 Å². The zero-order valence-electron chi connectivity index (χ0n) is 27.5. The maximum absolute atomic E-state index is 14.0. The molecule has 4 aliphatic rings. The van der Waals surface area contributed by atoms with Crippen molar-refractivity contribution in [2.75, 3.05) is 64.3 Å². The summed E-state index contributed by atoms with van der Waals surface area (Å²) >= 11 is 0. The third-order valence-electron chi connectivity index (χ3n) is 10.1. The van der Waals surface area contributed by atoms with Gasteiger partial charge in [-0.15, -0.1) is 17.0 Å². The Kier molecular flexibility index (Phi) is 11.7. The number of phenolic OH excluding ortho intramolecular Hbond substituents is 1. The third-order valence-corrected chi connectivity index (χ3v) is 10.1. The lowest BCUT2D eigenvalue weighted by molar-refractivity contribution is -0.142. The summed E-state index contributed by atoms with van der Waals surface area (Å²) in [6.07, 6.45) is 2.59. The average molecular weight is 715 g/mol. The molecule has 0 bridgehead atoms. The predicted molar refractivity (Wildman–Crippen MR) is 184 cm³/mol. The number of amides is 4. The van der Waals surface area contributed by atoms with Gasteiger partial charge in [0.05, 0.1) is 13.2 Å². The van der Waals surface area contributed by atoms with E-state index in [0.29, 0.717) is 51.6 Å².